The van der Waals surface area contributed by atoms with Crippen molar-refractivity contribution in [3.63, 3.8) is 0 Å². The van der Waals surface area contributed by atoms with E-state index in [9.17, 15) is 14.4 Å². The Hall–Kier alpha value is -2.71. The van der Waals surface area contributed by atoms with E-state index in [4.69, 9.17) is 4.74 Å². The summed E-state index contributed by atoms with van der Waals surface area (Å²) in [4.78, 5) is 15.3. The molecule has 0 aromatic heterocycles. The van der Waals surface area contributed by atoms with Gasteiger partial charge in [-0.05, 0) is 93.7 Å². The molecule has 0 saturated carbocycles. The van der Waals surface area contributed by atoms with Gasteiger partial charge in [-0.3, -0.25) is 4.79 Å². The summed E-state index contributed by atoms with van der Waals surface area (Å²) >= 11 is 0. The van der Waals surface area contributed by atoms with E-state index in [1.807, 2.05) is 18.2 Å². The van der Waals surface area contributed by atoms with E-state index in [-0.39, 0.29) is 17.5 Å². The average Bonchev–Trinajstić information content (AvgIpc) is 3.01. The van der Waals surface area contributed by atoms with E-state index in [1.165, 1.54) is 69.9 Å². The van der Waals surface area contributed by atoms with E-state index in [2.05, 4.69) is 24.0 Å². The number of ketones is 1. The summed E-state index contributed by atoms with van der Waals surface area (Å²) < 4.78 is 18.8. The lowest BCUT2D eigenvalue weighted by Crippen LogP contribution is -2.37. The number of benzene rings is 2. The highest BCUT2D eigenvalue weighted by atomic mass is 19.1. The van der Waals surface area contributed by atoms with E-state index in [0.717, 1.165) is 69.5 Å². The van der Waals surface area contributed by atoms with Gasteiger partial charge in [0.25, 0.3) is 0 Å². The number of carbonyl (C=O) groups is 1. The number of hydrogen-bond donors (Lipinski definition) is 0. The van der Waals surface area contributed by atoms with E-state index < -0.39 is 5.41 Å². The van der Waals surface area contributed by atoms with Crippen molar-refractivity contribution in [3.05, 3.63) is 65.5 Å². The summed E-state index contributed by atoms with van der Waals surface area (Å²) in [6, 6.07) is 16.8. The average molecular weight is 563 g/mol. The number of nitrogens with zero attached hydrogens (tertiary/aromatic N) is 2. The molecular weight excluding hydrogens is 511 g/mol. The number of hydrogen-bond acceptors (Lipinski definition) is 4. The van der Waals surface area contributed by atoms with Crippen LogP contribution in [-0.2, 0) is 5.41 Å². The SMILES string of the molecule is CCCCCCCCCCCCC(C#N)(CCCN1CCC(C(=O)c2ccc(F)cc2)CC1)c1cccc(OC)c1. The van der Waals surface area contributed by atoms with Gasteiger partial charge in [-0.15, -0.1) is 0 Å². The monoisotopic (exact) mass is 562 g/mol. The summed E-state index contributed by atoms with van der Waals surface area (Å²) in [6.07, 6.45) is 17.2. The van der Waals surface area contributed by atoms with Crippen LogP contribution >= 0.6 is 0 Å². The number of piperidine rings is 1. The van der Waals surface area contributed by atoms with Crippen molar-refractivity contribution < 1.29 is 13.9 Å². The molecule has 5 heteroatoms. The zero-order chi connectivity index (χ0) is 29.3. The van der Waals surface area contributed by atoms with Crippen LogP contribution in [-0.4, -0.2) is 37.4 Å². The first-order valence-corrected chi connectivity index (χ1v) is 16.1. The van der Waals surface area contributed by atoms with Gasteiger partial charge in [0.2, 0.25) is 0 Å². The molecule has 1 aliphatic heterocycles. The number of carbonyl (C=O) groups excluding carboxylic acids is 1. The van der Waals surface area contributed by atoms with E-state index in [1.54, 1.807) is 19.2 Å². The Bertz CT molecular complexity index is 1070. The van der Waals surface area contributed by atoms with E-state index >= 15 is 0 Å². The smallest absolute Gasteiger partial charge is 0.166 e. The van der Waals surface area contributed by atoms with Crippen LogP contribution in [0.3, 0.4) is 0 Å². The minimum atomic E-state index is -0.508. The van der Waals surface area contributed by atoms with Gasteiger partial charge in [0.15, 0.2) is 5.78 Å². The van der Waals surface area contributed by atoms with Crippen molar-refractivity contribution in [1.29, 1.82) is 5.26 Å². The van der Waals surface area contributed by atoms with Crippen molar-refractivity contribution in [2.45, 2.75) is 109 Å². The fourth-order valence-electron chi connectivity index (χ4n) is 6.30. The number of methoxy groups -OCH3 is 1. The van der Waals surface area contributed by atoms with Crippen LogP contribution in [0.15, 0.2) is 48.5 Å². The maximum atomic E-state index is 13.2. The fraction of sp³-hybridized carbons (Fsp3) is 0.611. The van der Waals surface area contributed by atoms with Crippen LogP contribution < -0.4 is 4.74 Å². The standard InChI is InChI=1S/C36H51FN2O2/c1-3-4-5-6-7-8-9-10-11-12-23-36(29-38,32-15-13-16-34(28-32)41-2)24-14-25-39-26-21-31(22-27-39)35(40)30-17-19-33(37)20-18-30/h13,15-20,28,31H,3-12,14,21-27H2,1-2H3. The molecule has 1 fully saturated rings. The number of Topliss-reactive ketones (excluding diaryl/α,β-unsaturated/α-hetero) is 1. The molecule has 0 bridgehead atoms. The second-order valence-corrected chi connectivity index (χ2v) is 11.9. The van der Waals surface area contributed by atoms with Crippen LogP contribution in [0.25, 0.3) is 0 Å². The highest BCUT2D eigenvalue weighted by Crippen LogP contribution is 2.36. The van der Waals surface area contributed by atoms with Crippen LogP contribution in [0.4, 0.5) is 4.39 Å². The van der Waals surface area contributed by atoms with Crippen molar-refractivity contribution in [2.24, 2.45) is 5.92 Å². The van der Waals surface area contributed by atoms with Gasteiger partial charge in [-0.2, -0.15) is 5.26 Å². The molecule has 1 aliphatic rings. The second kappa shape index (κ2) is 18.0. The Morgan fingerprint density at radius 2 is 1.54 bits per heavy atom. The molecule has 0 amide bonds. The quantitative estimate of drug-likeness (QED) is 0.126. The van der Waals surface area contributed by atoms with Crippen molar-refractivity contribution >= 4 is 5.78 Å². The molecule has 4 nitrogen and oxygen atoms in total. The van der Waals surface area contributed by atoms with Crippen LogP contribution in [0.5, 0.6) is 5.75 Å². The molecule has 2 aromatic rings. The molecule has 224 valence electrons. The normalized spacial score (nSPS) is 15.8. The Kier molecular flexibility index (Phi) is 14.4. The Labute approximate surface area is 248 Å². The Morgan fingerprint density at radius 3 is 2.15 bits per heavy atom. The highest BCUT2D eigenvalue weighted by Gasteiger charge is 2.33. The van der Waals surface area contributed by atoms with Crippen LogP contribution in [0, 0.1) is 23.1 Å². The predicted octanol–water partition coefficient (Wildman–Crippen LogP) is 9.28. The third kappa shape index (κ3) is 10.6. The predicted molar refractivity (Wildman–Crippen MR) is 166 cm³/mol. The molecular formula is C36H51FN2O2. The number of rotatable bonds is 19. The van der Waals surface area contributed by atoms with Crippen molar-refractivity contribution in [3.8, 4) is 11.8 Å². The number of nitriles is 1. The lowest BCUT2D eigenvalue weighted by Gasteiger charge is -2.33. The fourth-order valence-corrected chi connectivity index (χ4v) is 6.30. The third-order valence-electron chi connectivity index (χ3n) is 8.96. The van der Waals surface area contributed by atoms with Gasteiger partial charge >= 0.3 is 0 Å². The number of halogens is 1. The summed E-state index contributed by atoms with van der Waals surface area (Å²) in [5, 5.41) is 10.5. The molecule has 3 rings (SSSR count). The lowest BCUT2D eigenvalue weighted by molar-refractivity contribution is 0.0838. The molecule has 1 unspecified atom stereocenters. The topological polar surface area (TPSA) is 53.3 Å². The molecule has 1 atom stereocenters. The van der Waals surface area contributed by atoms with Gasteiger partial charge in [0, 0.05) is 11.5 Å². The second-order valence-electron chi connectivity index (χ2n) is 11.9. The number of unbranched alkanes of at least 4 members (excludes halogenated alkanes) is 9. The summed E-state index contributed by atoms with van der Waals surface area (Å²) in [6.45, 7) is 4.96. The van der Waals surface area contributed by atoms with E-state index in [0.29, 0.717) is 5.56 Å². The van der Waals surface area contributed by atoms with Crippen molar-refractivity contribution in [2.75, 3.05) is 26.7 Å². The molecule has 0 aliphatic carbocycles. The summed E-state index contributed by atoms with van der Waals surface area (Å²) in [5.41, 5.74) is 1.17. The zero-order valence-corrected chi connectivity index (χ0v) is 25.5. The maximum absolute atomic E-state index is 13.2. The van der Waals surface area contributed by atoms with Crippen LogP contribution in [0.1, 0.15) is 119 Å². The van der Waals surface area contributed by atoms with Gasteiger partial charge in [0.05, 0.1) is 18.6 Å². The lowest BCUT2D eigenvalue weighted by atomic mass is 9.74. The molecule has 1 saturated heterocycles. The number of ether oxygens (including phenoxy) is 1. The minimum absolute atomic E-state index is 0.00281. The Balaban J connectivity index is 1.48. The minimum Gasteiger partial charge on any atom is -0.497 e. The third-order valence-corrected chi connectivity index (χ3v) is 8.96. The molecule has 0 radical (unpaired) electrons. The van der Waals surface area contributed by atoms with Crippen LogP contribution in [0.2, 0.25) is 0 Å². The molecule has 1 heterocycles. The molecule has 41 heavy (non-hydrogen) atoms. The largest absolute Gasteiger partial charge is 0.497 e. The molecule has 0 N–H and O–H groups in total. The van der Waals surface area contributed by atoms with Gasteiger partial charge in [-0.25, -0.2) is 4.39 Å². The Morgan fingerprint density at radius 1 is 0.927 bits per heavy atom. The highest BCUT2D eigenvalue weighted by molar-refractivity contribution is 5.97. The van der Waals surface area contributed by atoms with Crippen molar-refractivity contribution in [1.82, 2.24) is 4.90 Å². The van der Waals surface area contributed by atoms with Gasteiger partial charge < -0.3 is 9.64 Å². The maximum Gasteiger partial charge on any atom is 0.166 e. The van der Waals surface area contributed by atoms with Gasteiger partial charge in [0.1, 0.15) is 11.6 Å². The summed E-state index contributed by atoms with van der Waals surface area (Å²) in [5.74, 6) is 0.621. The first kappa shape index (κ1) is 32.8. The zero-order valence-electron chi connectivity index (χ0n) is 25.5. The first-order valence-electron chi connectivity index (χ1n) is 16.1. The molecule has 2 aromatic carbocycles. The first-order chi connectivity index (χ1) is 20.0. The number of likely N-dealkylation sites (tertiary alicyclic amines) is 1. The van der Waals surface area contributed by atoms with Gasteiger partial charge in [-0.1, -0.05) is 83.3 Å². The summed E-state index contributed by atoms with van der Waals surface area (Å²) in [7, 11) is 1.68. The molecule has 0 spiro atoms.